The summed E-state index contributed by atoms with van der Waals surface area (Å²) in [5, 5.41) is 7.40. The molecule has 2 nitrogen and oxygen atoms in total. The Balaban J connectivity index is 1.39. The Morgan fingerprint density at radius 1 is 0.677 bits per heavy atom. The summed E-state index contributed by atoms with van der Waals surface area (Å²) in [7, 11) is 0. The van der Waals surface area contributed by atoms with Gasteiger partial charge < -0.3 is 10.6 Å². The molecule has 0 saturated heterocycles. The number of rotatable bonds is 7. The maximum absolute atomic E-state index is 5.63. The molecule has 4 aromatic rings. The normalized spacial score (nSPS) is 10.6. The van der Waals surface area contributed by atoms with Crippen molar-refractivity contribution in [2.24, 2.45) is 0 Å². The number of thioether (sulfide) groups is 1. The second-order valence-corrected chi connectivity index (χ2v) is 8.61. The fourth-order valence-electron chi connectivity index (χ4n) is 3.32. The van der Waals surface area contributed by atoms with Crippen molar-refractivity contribution in [1.29, 1.82) is 0 Å². The Hall–Kier alpha value is -3.08. The second-order valence-electron chi connectivity index (χ2n) is 7.15. The van der Waals surface area contributed by atoms with E-state index in [0.717, 1.165) is 11.4 Å². The molecule has 0 aliphatic carbocycles. The van der Waals surface area contributed by atoms with Crippen LogP contribution < -0.4 is 10.6 Å². The van der Waals surface area contributed by atoms with E-state index in [9.17, 15) is 0 Å². The molecule has 0 heterocycles. The van der Waals surface area contributed by atoms with Crippen LogP contribution in [0.5, 0.6) is 0 Å². The van der Waals surface area contributed by atoms with E-state index >= 15 is 0 Å². The van der Waals surface area contributed by atoms with Crippen molar-refractivity contribution in [3.8, 4) is 0 Å². The lowest BCUT2D eigenvalue weighted by atomic mass is 9.99. The number of anilines is 1. The standard InChI is InChI=1S/C27H24N2S2/c30-27(29-26(22-10-4-1-5-11-22)23-12-6-2-7-13-23)28-24-18-16-21(17-19-24)20-31-25-14-8-3-9-15-25/h1-19,26H,20H2,(H2,28,29,30). The topological polar surface area (TPSA) is 24.1 Å². The molecule has 0 unspecified atom stereocenters. The molecular weight excluding hydrogens is 416 g/mol. The molecule has 0 amide bonds. The Bertz CT molecular complexity index is 1040. The van der Waals surface area contributed by atoms with Crippen molar-refractivity contribution in [3.63, 3.8) is 0 Å². The molecule has 0 fully saturated rings. The molecular formula is C27H24N2S2. The third-order valence-corrected chi connectivity index (χ3v) is 6.20. The molecule has 31 heavy (non-hydrogen) atoms. The Morgan fingerprint density at radius 2 is 1.19 bits per heavy atom. The third-order valence-electron chi connectivity index (χ3n) is 4.90. The van der Waals surface area contributed by atoms with Gasteiger partial charge in [-0.25, -0.2) is 0 Å². The summed E-state index contributed by atoms with van der Waals surface area (Å²) in [5.74, 6) is 0.942. The summed E-state index contributed by atoms with van der Waals surface area (Å²) in [5.41, 5.74) is 4.60. The first-order valence-electron chi connectivity index (χ1n) is 10.2. The van der Waals surface area contributed by atoms with Gasteiger partial charge in [0.15, 0.2) is 5.11 Å². The van der Waals surface area contributed by atoms with Gasteiger partial charge in [0.25, 0.3) is 0 Å². The van der Waals surface area contributed by atoms with Crippen molar-refractivity contribution >= 4 is 34.8 Å². The van der Waals surface area contributed by atoms with Crippen LogP contribution in [-0.4, -0.2) is 5.11 Å². The lowest BCUT2D eigenvalue weighted by Crippen LogP contribution is -2.33. The second kappa shape index (κ2) is 10.8. The summed E-state index contributed by atoms with van der Waals surface area (Å²) >= 11 is 7.47. The van der Waals surface area contributed by atoms with Crippen LogP contribution in [0.3, 0.4) is 0 Å². The van der Waals surface area contributed by atoms with Crippen molar-refractivity contribution < 1.29 is 0 Å². The summed E-state index contributed by atoms with van der Waals surface area (Å²) < 4.78 is 0. The first-order valence-corrected chi connectivity index (χ1v) is 11.6. The van der Waals surface area contributed by atoms with E-state index in [1.165, 1.54) is 21.6 Å². The van der Waals surface area contributed by atoms with Crippen LogP contribution in [0.4, 0.5) is 5.69 Å². The summed E-state index contributed by atoms with van der Waals surface area (Å²) in [6, 6.07) is 39.6. The maximum atomic E-state index is 5.63. The minimum absolute atomic E-state index is 0.0102. The van der Waals surface area contributed by atoms with Gasteiger partial charge in [-0.2, -0.15) is 0 Å². The molecule has 4 aromatic carbocycles. The van der Waals surface area contributed by atoms with Gasteiger partial charge in [-0.1, -0.05) is 91.0 Å². The van der Waals surface area contributed by atoms with E-state index < -0.39 is 0 Å². The highest BCUT2D eigenvalue weighted by molar-refractivity contribution is 7.98. The number of thiocarbonyl (C=S) groups is 1. The van der Waals surface area contributed by atoms with Gasteiger partial charge in [-0.3, -0.25) is 0 Å². The predicted molar refractivity (Wildman–Crippen MR) is 137 cm³/mol. The molecule has 4 heteroatoms. The Labute approximate surface area is 193 Å². The zero-order valence-corrected chi connectivity index (χ0v) is 18.7. The third kappa shape index (κ3) is 6.20. The molecule has 2 N–H and O–H groups in total. The monoisotopic (exact) mass is 440 g/mol. The molecule has 0 aromatic heterocycles. The van der Waals surface area contributed by atoms with Gasteiger partial charge in [-0.15, -0.1) is 11.8 Å². The predicted octanol–water partition coefficient (Wildman–Crippen LogP) is 7.05. The maximum Gasteiger partial charge on any atom is 0.171 e. The average molecular weight is 441 g/mol. The SMILES string of the molecule is S=C(Nc1ccc(CSc2ccccc2)cc1)NC(c1ccccc1)c1ccccc1. The van der Waals surface area contributed by atoms with Crippen LogP contribution >= 0.6 is 24.0 Å². The van der Waals surface area contributed by atoms with Crippen LogP contribution in [0.2, 0.25) is 0 Å². The van der Waals surface area contributed by atoms with Crippen molar-refractivity contribution in [2.45, 2.75) is 16.7 Å². The van der Waals surface area contributed by atoms with Crippen LogP contribution in [0.25, 0.3) is 0 Å². The van der Waals surface area contributed by atoms with Crippen LogP contribution in [0, 0.1) is 0 Å². The first kappa shape index (κ1) is 21.2. The van der Waals surface area contributed by atoms with E-state index in [4.69, 9.17) is 12.2 Å². The van der Waals surface area contributed by atoms with Gasteiger partial charge in [0, 0.05) is 16.3 Å². The van der Waals surface area contributed by atoms with E-state index in [1.54, 1.807) is 0 Å². The summed E-state index contributed by atoms with van der Waals surface area (Å²) in [6.07, 6.45) is 0. The molecule has 0 radical (unpaired) electrons. The van der Waals surface area contributed by atoms with Gasteiger partial charge in [0.2, 0.25) is 0 Å². The van der Waals surface area contributed by atoms with E-state index in [2.05, 4.69) is 108 Å². The summed E-state index contributed by atoms with van der Waals surface area (Å²) in [4.78, 5) is 1.28. The average Bonchev–Trinajstić information content (AvgIpc) is 2.84. The Kier molecular flexibility index (Phi) is 7.37. The quantitative estimate of drug-likeness (QED) is 0.237. The van der Waals surface area contributed by atoms with Gasteiger partial charge in [0.05, 0.1) is 6.04 Å². The van der Waals surface area contributed by atoms with Crippen molar-refractivity contribution in [2.75, 3.05) is 5.32 Å². The van der Waals surface area contributed by atoms with E-state index in [-0.39, 0.29) is 6.04 Å². The number of benzene rings is 4. The lowest BCUT2D eigenvalue weighted by Gasteiger charge is -2.22. The smallest absolute Gasteiger partial charge is 0.171 e. The summed E-state index contributed by atoms with van der Waals surface area (Å²) in [6.45, 7) is 0. The highest BCUT2D eigenvalue weighted by Gasteiger charge is 2.14. The largest absolute Gasteiger partial charge is 0.352 e. The van der Waals surface area contributed by atoms with Crippen molar-refractivity contribution in [3.05, 3.63) is 132 Å². The Morgan fingerprint density at radius 3 is 1.74 bits per heavy atom. The van der Waals surface area contributed by atoms with Crippen molar-refractivity contribution in [1.82, 2.24) is 5.32 Å². The fraction of sp³-hybridized carbons (Fsp3) is 0.0741. The zero-order chi connectivity index (χ0) is 21.3. The molecule has 154 valence electrons. The number of hydrogen-bond acceptors (Lipinski definition) is 2. The molecule has 4 rings (SSSR count). The van der Waals surface area contributed by atoms with E-state index in [1.807, 2.05) is 30.0 Å². The first-order chi connectivity index (χ1) is 15.3. The van der Waals surface area contributed by atoms with E-state index in [0.29, 0.717) is 5.11 Å². The molecule has 0 aliphatic rings. The molecule has 0 saturated carbocycles. The molecule has 0 atom stereocenters. The minimum Gasteiger partial charge on any atom is -0.352 e. The molecule has 0 spiro atoms. The van der Waals surface area contributed by atoms with Gasteiger partial charge in [-0.05, 0) is 53.2 Å². The van der Waals surface area contributed by atoms with Crippen LogP contribution in [-0.2, 0) is 5.75 Å². The van der Waals surface area contributed by atoms with Crippen LogP contribution in [0.1, 0.15) is 22.7 Å². The molecule has 0 bridgehead atoms. The highest BCUT2D eigenvalue weighted by Crippen LogP contribution is 2.24. The van der Waals surface area contributed by atoms with Gasteiger partial charge in [0.1, 0.15) is 0 Å². The molecule has 0 aliphatic heterocycles. The number of nitrogens with one attached hydrogen (secondary N) is 2. The van der Waals surface area contributed by atoms with Gasteiger partial charge >= 0.3 is 0 Å². The highest BCUT2D eigenvalue weighted by atomic mass is 32.2. The lowest BCUT2D eigenvalue weighted by molar-refractivity contribution is 0.769. The fourth-order valence-corrected chi connectivity index (χ4v) is 4.43. The zero-order valence-electron chi connectivity index (χ0n) is 17.1. The van der Waals surface area contributed by atoms with Crippen LogP contribution in [0.15, 0.2) is 120 Å². The minimum atomic E-state index is -0.0102. The number of hydrogen-bond donors (Lipinski definition) is 2.